The van der Waals surface area contributed by atoms with Crippen LogP contribution in [0.25, 0.3) is 0 Å². The lowest BCUT2D eigenvalue weighted by molar-refractivity contribution is -0.138. The Morgan fingerprint density at radius 2 is 1.78 bits per heavy atom. The molecule has 5 heterocycles. The molecule has 310 valence electrons. The predicted molar refractivity (Wildman–Crippen MR) is 218 cm³/mol. The molecule has 4 fully saturated rings. The molecule has 17 heteroatoms. The second kappa shape index (κ2) is 16.6. The SMILES string of the molecule is CCc1cc(N2C(=S)N(c3cnc(C#N)c(C(F)(F)F)c3)C(=O)C2(C)C)ccc1OCC[C@H]1C[C@H]2CC[C@@H](C1)N2CC(=O)Nc1cccc(NC2CCC(=O)NC2=O)c1. The van der Waals surface area contributed by atoms with Gasteiger partial charge in [-0.05, 0) is 125 Å². The molecule has 2 bridgehead atoms. The number of benzene rings is 2. The van der Waals surface area contributed by atoms with Crippen LogP contribution in [0.4, 0.5) is 35.9 Å². The van der Waals surface area contributed by atoms with Gasteiger partial charge >= 0.3 is 6.18 Å². The maximum atomic E-state index is 13.8. The highest BCUT2D eigenvalue weighted by molar-refractivity contribution is 7.81. The molecule has 4 atom stereocenters. The molecule has 2 aromatic carbocycles. The number of piperidine rings is 2. The number of aryl methyl sites for hydroxylation is 1. The Morgan fingerprint density at radius 1 is 1.05 bits per heavy atom. The van der Waals surface area contributed by atoms with E-state index < -0.39 is 34.9 Å². The Labute approximate surface area is 345 Å². The van der Waals surface area contributed by atoms with Crippen LogP contribution in [-0.4, -0.2) is 75.4 Å². The lowest BCUT2D eigenvalue weighted by Crippen LogP contribution is -2.47. The number of hydrogen-bond acceptors (Lipinski definition) is 10. The average molecular weight is 831 g/mol. The van der Waals surface area contributed by atoms with Crippen molar-refractivity contribution in [1.29, 1.82) is 5.26 Å². The minimum absolute atomic E-state index is 0.0117. The lowest BCUT2D eigenvalue weighted by atomic mass is 9.88. The van der Waals surface area contributed by atoms with Gasteiger partial charge in [0.15, 0.2) is 10.8 Å². The average Bonchev–Trinajstić information content (AvgIpc) is 3.51. The summed E-state index contributed by atoms with van der Waals surface area (Å²) in [5.74, 6) is -0.148. The van der Waals surface area contributed by atoms with Crippen LogP contribution in [0.5, 0.6) is 5.75 Å². The van der Waals surface area contributed by atoms with Crippen LogP contribution in [0.15, 0.2) is 54.7 Å². The van der Waals surface area contributed by atoms with Crippen molar-refractivity contribution in [3.8, 4) is 11.8 Å². The first-order valence-electron chi connectivity index (χ1n) is 19.7. The number of pyridine rings is 1. The van der Waals surface area contributed by atoms with Crippen molar-refractivity contribution in [3.63, 3.8) is 0 Å². The number of nitriles is 1. The number of fused-ring (bicyclic) bond motifs is 2. The fourth-order valence-electron chi connectivity index (χ4n) is 8.76. The number of carbonyl (C=O) groups is 4. The summed E-state index contributed by atoms with van der Waals surface area (Å²) < 4.78 is 47.6. The Morgan fingerprint density at radius 3 is 2.46 bits per heavy atom. The molecule has 3 N–H and O–H groups in total. The van der Waals surface area contributed by atoms with Crippen LogP contribution >= 0.6 is 12.2 Å². The van der Waals surface area contributed by atoms with Gasteiger partial charge < -0.3 is 20.3 Å². The van der Waals surface area contributed by atoms with Crippen molar-refractivity contribution in [2.24, 2.45) is 5.92 Å². The summed E-state index contributed by atoms with van der Waals surface area (Å²) in [6, 6.07) is 15.0. The molecule has 0 saturated carbocycles. The molecule has 1 aromatic heterocycles. The molecule has 3 aromatic rings. The van der Waals surface area contributed by atoms with Gasteiger partial charge in [0.1, 0.15) is 23.4 Å². The summed E-state index contributed by atoms with van der Waals surface area (Å²) in [7, 11) is 0. The van der Waals surface area contributed by atoms with Gasteiger partial charge in [-0.15, -0.1) is 0 Å². The summed E-state index contributed by atoms with van der Waals surface area (Å²) in [5.41, 5.74) is -0.693. The number of hydrogen-bond donors (Lipinski definition) is 3. The number of alkyl halides is 3. The second-order valence-electron chi connectivity index (χ2n) is 16.0. The van der Waals surface area contributed by atoms with Crippen molar-refractivity contribution in [2.75, 3.05) is 33.6 Å². The van der Waals surface area contributed by atoms with Gasteiger partial charge in [0, 0.05) is 35.6 Å². The van der Waals surface area contributed by atoms with E-state index >= 15 is 0 Å². The van der Waals surface area contributed by atoms with Crippen LogP contribution < -0.4 is 30.5 Å². The largest absolute Gasteiger partial charge is 0.493 e. The molecular formula is C42H45F3N8O5S. The number of halogens is 3. The third-order valence-electron chi connectivity index (χ3n) is 11.7. The topological polar surface area (TPSA) is 160 Å². The number of rotatable bonds is 12. The fraction of sp³-hybridized carbons (Fsp3) is 0.452. The number of aromatic nitrogens is 1. The van der Waals surface area contributed by atoms with Crippen LogP contribution in [0.2, 0.25) is 0 Å². The minimum atomic E-state index is -4.85. The Balaban J connectivity index is 0.931. The van der Waals surface area contributed by atoms with E-state index in [1.165, 1.54) is 6.07 Å². The summed E-state index contributed by atoms with van der Waals surface area (Å²) >= 11 is 5.70. The van der Waals surface area contributed by atoms with Gasteiger partial charge in [0.2, 0.25) is 17.7 Å². The highest BCUT2D eigenvalue weighted by atomic mass is 32.1. The molecule has 59 heavy (non-hydrogen) atoms. The zero-order chi connectivity index (χ0) is 42.2. The van der Waals surface area contributed by atoms with Crippen molar-refractivity contribution >= 4 is 63.7 Å². The Kier molecular flexibility index (Phi) is 11.7. The van der Waals surface area contributed by atoms with Gasteiger partial charge in [0.25, 0.3) is 5.91 Å². The molecule has 13 nitrogen and oxygen atoms in total. The standard InChI is InChI=1S/C42H45F3N8O5S/c1-4-25-18-30(53-40(59)52(39(57)41(53,2)3)31-20-32(42(43,44)45)34(21-46)47-22-31)10-12-35(25)58-15-14-24-16-28-8-9-29(17-24)51(28)23-37(55)49-27-7-5-6-26(19-27)48-33-11-13-36(54)50-38(33)56/h5-7,10,12,18-20,22,24,28-29,33,48H,4,8-9,11,13-17,23H2,1-3H3,(H,49,55)(H,50,54,56)/t24-,28+,29-,33?. The number of amides is 4. The summed E-state index contributed by atoms with van der Waals surface area (Å²) in [5, 5.41) is 17.7. The zero-order valence-corrected chi connectivity index (χ0v) is 33.7. The van der Waals surface area contributed by atoms with Gasteiger partial charge in [0.05, 0.1) is 30.6 Å². The monoisotopic (exact) mass is 830 g/mol. The third-order valence-corrected chi connectivity index (χ3v) is 12.1. The van der Waals surface area contributed by atoms with Crippen molar-refractivity contribution < 1.29 is 37.1 Å². The van der Waals surface area contributed by atoms with Gasteiger partial charge in [-0.3, -0.25) is 34.3 Å². The molecule has 0 spiro atoms. The van der Waals surface area contributed by atoms with Crippen molar-refractivity contribution in [2.45, 2.75) is 102 Å². The number of carbonyl (C=O) groups excluding carboxylic acids is 4. The van der Waals surface area contributed by atoms with E-state index in [9.17, 15) is 37.6 Å². The molecular weight excluding hydrogens is 786 g/mol. The minimum Gasteiger partial charge on any atom is -0.493 e. The smallest absolute Gasteiger partial charge is 0.419 e. The van der Waals surface area contributed by atoms with Crippen molar-refractivity contribution in [3.05, 3.63) is 71.5 Å². The van der Waals surface area contributed by atoms with E-state index in [0.717, 1.165) is 54.8 Å². The summed E-state index contributed by atoms with van der Waals surface area (Å²) in [4.78, 5) is 59.2. The molecule has 0 aliphatic carbocycles. The van der Waals surface area contributed by atoms with Crippen LogP contribution in [0.3, 0.4) is 0 Å². The highest BCUT2D eigenvalue weighted by Crippen LogP contribution is 2.42. The molecule has 4 aliphatic heterocycles. The fourth-order valence-corrected chi connectivity index (χ4v) is 9.28. The first-order chi connectivity index (χ1) is 28.1. The molecule has 7 rings (SSSR count). The first-order valence-corrected chi connectivity index (χ1v) is 20.2. The third kappa shape index (κ3) is 8.60. The number of thiocarbonyl (C=S) groups is 1. The van der Waals surface area contributed by atoms with Crippen LogP contribution in [0, 0.1) is 17.2 Å². The summed E-state index contributed by atoms with van der Waals surface area (Å²) in [6.07, 6.45) is 2.31. The number of anilines is 4. The van der Waals surface area contributed by atoms with Crippen LogP contribution in [-0.2, 0) is 31.8 Å². The van der Waals surface area contributed by atoms with E-state index in [1.54, 1.807) is 43.0 Å². The molecule has 1 unspecified atom stereocenters. The van der Waals surface area contributed by atoms with Crippen LogP contribution in [0.1, 0.15) is 82.5 Å². The maximum absolute atomic E-state index is 13.8. The molecule has 0 radical (unpaired) electrons. The highest BCUT2D eigenvalue weighted by Gasteiger charge is 2.51. The quantitative estimate of drug-likeness (QED) is 0.139. The normalized spacial score (nSPS) is 22.9. The number of nitrogens with one attached hydrogen (secondary N) is 3. The van der Waals surface area contributed by atoms with E-state index in [0.29, 0.717) is 60.3 Å². The van der Waals surface area contributed by atoms with E-state index in [1.807, 2.05) is 25.1 Å². The van der Waals surface area contributed by atoms with E-state index in [-0.39, 0.29) is 41.5 Å². The lowest BCUT2D eigenvalue weighted by Gasteiger charge is -2.38. The zero-order valence-electron chi connectivity index (χ0n) is 32.9. The molecule has 4 saturated heterocycles. The van der Waals surface area contributed by atoms with Gasteiger partial charge in [-0.25, -0.2) is 4.98 Å². The van der Waals surface area contributed by atoms with E-state index in [2.05, 4.69) is 25.8 Å². The van der Waals surface area contributed by atoms with E-state index in [4.69, 9.17) is 17.0 Å². The maximum Gasteiger partial charge on any atom is 0.419 e. The molecule has 4 amide bonds. The first kappa shape index (κ1) is 41.6. The molecule has 4 aliphatic rings. The number of nitrogens with zero attached hydrogens (tertiary/aromatic N) is 5. The van der Waals surface area contributed by atoms with Gasteiger partial charge in [-0.2, -0.15) is 18.4 Å². The number of ether oxygens (including phenoxy) is 1. The Hall–Kier alpha value is -5.60. The summed E-state index contributed by atoms with van der Waals surface area (Å²) in [6.45, 7) is 6.06. The second-order valence-corrected chi connectivity index (χ2v) is 16.3. The van der Waals surface area contributed by atoms with Gasteiger partial charge in [-0.1, -0.05) is 13.0 Å². The van der Waals surface area contributed by atoms with Crippen molar-refractivity contribution in [1.82, 2.24) is 15.2 Å². The number of imide groups is 1. The Bertz CT molecular complexity index is 2210. The predicted octanol–water partition coefficient (Wildman–Crippen LogP) is 6.32.